The number of hydrogen-bond donors (Lipinski definition) is 2. The molecule has 0 radical (unpaired) electrons. The van der Waals surface area contributed by atoms with E-state index in [-0.39, 0.29) is 5.91 Å². The monoisotopic (exact) mass is 217 g/mol. The van der Waals surface area contributed by atoms with Crippen LogP contribution in [0.3, 0.4) is 0 Å². The van der Waals surface area contributed by atoms with Gasteiger partial charge in [0.25, 0.3) is 5.91 Å². The van der Waals surface area contributed by atoms with E-state index in [1.54, 1.807) is 11.8 Å². The summed E-state index contributed by atoms with van der Waals surface area (Å²) in [6, 6.07) is 0. The van der Waals surface area contributed by atoms with Crippen LogP contribution in [0.5, 0.6) is 0 Å². The minimum absolute atomic E-state index is 0.322. The van der Waals surface area contributed by atoms with E-state index < -0.39 is 0 Å². The van der Waals surface area contributed by atoms with Gasteiger partial charge < -0.3 is 0 Å². The lowest BCUT2D eigenvalue weighted by Gasteiger charge is -1.93. The van der Waals surface area contributed by atoms with Gasteiger partial charge in [-0.15, -0.1) is 11.3 Å². The molecule has 0 aliphatic rings. The molecule has 0 unspecified atom stereocenters. The Labute approximate surface area is 84.9 Å². The molecule has 0 bridgehead atoms. The van der Waals surface area contributed by atoms with E-state index in [4.69, 9.17) is 5.84 Å². The average molecular weight is 217 g/mol. The van der Waals surface area contributed by atoms with Crippen LogP contribution in [0.15, 0.2) is 5.38 Å². The molecule has 13 heavy (non-hydrogen) atoms. The van der Waals surface area contributed by atoms with Crippen molar-refractivity contribution in [1.29, 1.82) is 0 Å². The fourth-order valence-corrected chi connectivity index (χ4v) is 2.13. The number of nitrogens with zero attached hydrogens (tertiary/aromatic N) is 1. The van der Waals surface area contributed by atoms with Gasteiger partial charge in [-0.05, 0) is 5.75 Å². The Morgan fingerprint density at radius 3 is 3.23 bits per heavy atom. The molecule has 0 aliphatic heterocycles. The van der Waals surface area contributed by atoms with Crippen LogP contribution >= 0.6 is 23.1 Å². The van der Waals surface area contributed by atoms with Crippen LogP contribution in [-0.4, -0.2) is 16.6 Å². The molecular formula is C7H11N3OS2. The summed E-state index contributed by atoms with van der Waals surface area (Å²) in [5, 5.41) is 2.31. The van der Waals surface area contributed by atoms with Gasteiger partial charge in [0, 0.05) is 11.1 Å². The number of hydrazine groups is 1. The van der Waals surface area contributed by atoms with Gasteiger partial charge in [-0.25, -0.2) is 10.8 Å². The smallest absolute Gasteiger partial charge is 0.288 e. The highest BCUT2D eigenvalue weighted by atomic mass is 32.2. The highest BCUT2D eigenvalue weighted by molar-refractivity contribution is 7.98. The molecule has 72 valence electrons. The van der Waals surface area contributed by atoms with E-state index in [2.05, 4.69) is 17.3 Å². The lowest BCUT2D eigenvalue weighted by atomic mass is 10.5. The van der Waals surface area contributed by atoms with Crippen molar-refractivity contribution in [2.75, 3.05) is 5.75 Å². The third-order valence-corrected chi connectivity index (χ3v) is 3.13. The van der Waals surface area contributed by atoms with Crippen molar-refractivity contribution in [1.82, 2.24) is 10.4 Å². The number of carbonyl (C=O) groups excluding carboxylic acids is 1. The van der Waals surface area contributed by atoms with Gasteiger partial charge in [0.15, 0.2) is 5.01 Å². The first-order chi connectivity index (χ1) is 6.27. The maximum Gasteiger partial charge on any atom is 0.294 e. The van der Waals surface area contributed by atoms with Crippen LogP contribution in [0, 0.1) is 0 Å². The number of amides is 1. The molecule has 0 saturated carbocycles. The molecule has 1 heterocycles. The van der Waals surface area contributed by atoms with Crippen molar-refractivity contribution in [2.24, 2.45) is 5.84 Å². The quantitative estimate of drug-likeness (QED) is 0.448. The molecule has 1 amide bonds. The fraction of sp³-hybridized carbons (Fsp3) is 0.429. The summed E-state index contributed by atoms with van der Waals surface area (Å²) < 4.78 is 0. The molecule has 0 saturated heterocycles. The molecular weight excluding hydrogens is 206 g/mol. The molecule has 0 spiro atoms. The van der Waals surface area contributed by atoms with E-state index >= 15 is 0 Å². The van der Waals surface area contributed by atoms with Crippen LogP contribution in [0.25, 0.3) is 0 Å². The molecule has 1 aromatic heterocycles. The highest BCUT2D eigenvalue weighted by Crippen LogP contribution is 2.15. The zero-order chi connectivity index (χ0) is 9.68. The van der Waals surface area contributed by atoms with Crippen molar-refractivity contribution >= 4 is 29.0 Å². The van der Waals surface area contributed by atoms with Gasteiger partial charge in [0.2, 0.25) is 0 Å². The van der Waals surface area contributed by atoms with E-state index in [1.807, 2.05) is 5.38 Å². The number of thiazole rings is 1. The van der Waals surface area contributed by atoms with Crippen LogP contribution in [0.1, 0.15) is 22.4 Å². The number of thioether (sulfide) groups is 1. The van der Waals surface area contributed by atoms with Gasteiger partial charge in [0.05, 0.1) is 5.69 Å². The predicted molar refractivity (Wildman–Crippen MR) is 55.6 cm³/mol. The zero-order valence-electron chi connectivity index (χ0n) is 7.24. The number of carbonyl (C=O) groups is 1. The topological polar surface area (TPSA) is 68.0 Å². The molecule has 0 aromatic carbocycles. The standard InChI is InChI=1S/C7H11N3OS2/c1-2-12-3-5-4-13-7(9-5)6(11)10-8/h4H,2-3,8H2,1H3,(H,10,11). The lowest BCUT2D eigenvalue weighted by Crippen LogP contribution is -2.29. The molecule has 4 nitrogen and oxygen atoms in total. The Bertz CT molecular complexity index is 287. The summed E-state index contributed by atoms with van der Waals surface area (Å²) in [4.78, 5) is 15.1. The Morgan fingerprint density at radius 2 is 2.62 bits per heavy atom. The number of rotatable bonds is 4. The summed E-state index contributed by atoms with van der Waals surface area (Å²) >= 11 is 3.09. The lowest BCUT2D eigenvalue weighted by molar-refractivity contribution is 0.0953. The van der Waals surface area contributed by atoms with Gasteiger partial charge in [-0.2, -0.15) is 11.8 Å². The third kappa shape index (κ3) is 2.98. The summed E-state index contributed by atoms with van der Waals surface area (Å²) in [7, 11) is 0. The number of nitrogens with two attached hydrogens (primary N) is 1. The molecule has 6 heteroatoms. The molecule has 0 atom stereocenters. The van der Waals surface area contributed by atoms with Gasteiger partial charge in [0.1, 0.15) is 0 Å². The summed E-state index contributed by atoms with van der Waals surface area (Å²) in [6.45, 7) is 2.09. The van der Waals surface area contributed by atoms with E-state index in [9.17, 15) is 4.79 Å². The van der Waals surface area contributed by atoms with Crippen molar-refractivity contribution in [3.8, 4) is 0 Å². The van der Waals surface area contributed by atoms with E-state index in [1.165, 1.54) is 11.3 Å². The summed E-state index contributed by atoms with van der Waals surface area (Å²) in [5.74, 6) is 6.56. The third-order valence-electron chi connectivity index (χ3n) is 1.33. The zero-order valence-corrected chi connectivity index (χ0v) is 8.87. The predicted octanol–water partition coefficient (Wildman–Crippen LogP) is 1.000. The minimum atomic E-state index is -0.322. The van der Waals surface area contributed by atoms with Crippen LogP contribution in [0.2, 0.25) is 0 Å². The molecule has 0 fully saturated rings. The Kier molecular flexibility index (Phi) is 4.20. The molecule has 3 N–H and O–H groups in total. The molecule has 1 aromatic rings. The Hall–Kier alpha value is -0.590. The van der Waals surface area contributed by atoms with Gasteiger partial charge >= 0.3 is 0 Å². The Balaban J connectivity index is 2.58. The largest absolute Gasteiger partial charge is 0.294 e. The Morgan fingerprint density at radius 1 is 1.85 bits per heavy atom. The molecule has 1 rings (SSSR count). The van der Waals surface area contributed by atoms with Crippen LogP contribution in [0.4, 0.5) is 0 Å². The first-order valence-electron chi connectivity index (χ1n) is 3.81. The second kappa shape index (κ2) is 5.21. The highest BCUT2D eigenvalue weighted by Gasteiger charge is 2.08. The van der Waals surface area contributed by atoms with Crippen molar-refractivity contribution in [3.63, 3.8) is 0 Å². The second-order valence-electron chi connectivity index (χ2n) is 2.25. The fourth-order valence-electron chi connectivity index (χ4n) is 0.746. The van der Waals surface area contributed by atoms with Crippen LogP contribution in [-0.2, 0) is 5.75 Å². The van der Waals surface area contributed by atoms with E-state index in [0.29, 0.717) is 5.01 Å². The SMILES string of the molecule is CCSCc1csc(C(=O)NN)n1. The maximum atomic E-state index is 11.0. The maximum absolute atomic E-state index is 11.0. The van der Waals surface area contributed by atoms with E-state index in [0.717, 1.165) is 17.2 Å². The second-order valence-corrected chi connectivity index (χ2v) is 4.39. The van der Waals surface area contributed by atoms with Crippen molar-refractivity contribution in [3.05, 3.63) is 16.1 Å². The first-order valence-corrected chi connectivity index (χ1v) is 5.84. The van der Waals surface area contributed by atoms with Crippen molar-refractivity contribution < 1.29 is 4.79 Å². The van der Waals surface area contributed by atoms with Gasteiger partial charge in [-0.1, -0.05) is 6.92 Å². The van der Waals surface area contributed by atoms with Gasteiger partial charge in [-0.3, -0.25) is 10.2 Å². The molecule has 0 aliphatic carbocycles. The number of aromatic nitrogens is 1. The first kappa shape index (κ1) is 10.5. The number of nitrogens with one attached hydrogen (secondary N) is 1. The number of hydrogen-bond acceptors (Lipinski definition) is 5. The normalized spacial score (nSPS) is 10.0. The summed E-state index contributed by atoms with van der Waals surface area (Å²) in [5.41, 5.74) is 2.99. The van der Waals surface area contributed by atoms with Crippen LogP contribution < -0.4 is 11.3 Å². The number of nitrogen functional groups attached to an aromatic ring is 1. The minimum Gasteiger partial charge on any atom is -0.288 e. The average Bonchev–Trinajstić information content (AvgIpc) is 2.62. The van der Waals surface area contributed by atoms with Crippen molar-refractivity contribution in [2.45, 2.75) is 12.7 Å². The summed E-state index contributed by atoms with van der Waals surface area (Å²) in [6.07, 6.45) is 0.